The number of halogens is 1. The Morgan fingerprint density at radius 3 is 2.56 bits per heavy atom. The van der Waals surface area contributed by atoms with Crippen molar-refractivity contribution in [1.82, 2.24) is 0 Å². The zero-order valence-corrected chi connectivity index (χ0v) is 12.4. The zero-order chi connectivity index (χ0) is 13.4. The molecule has 5 heteroatoms. The number of aromatic carboxylic acids is 1. The zero-order valence-electron chi connectivity index (χ0n) is 9.95. The van der Waals surface area contributed by atoms with Crippen LogP contribution >= 0.6 is 27.3 Å². The van der Waals surface area contributed by atoms with E-state index >= 15 is 0 Å². The van der Waals surface area contributed by atoms with E-state index in [1.165, 1.54) is 11.3 Å². The Morgan fingerprint density at radius 1 is 1.39 bits per heavy atom. The van der Waals surface area contributed by atoms with Gasteiger partial charge in [-0.3, -0.25) is 0 Å². The SMILES string of the molecule is Cc1ccc(-c2sc(C(=O)O)c(N)c2C)cc1Br. The van der Waals surface area contributed by atoms with Crippen LogP contribution in [0.2, 0.25) is 0 Å². The van der Waals surface area contributed by atoms with Gasteiger partial charge in [0.05, 0.1) is 5.69 Å². The number of hydrogen-bond donors (Lipinski definition) is 2. The number of benzene rings is 1. The van der Waals surface area contributed by atoms with Crippen LogP contribution in [0.5, 0.6) is 0 Å². The number of hydrogen-bond acceptors (Lipinski definition) is 3. The van der Waals surface area contributed by atoms with Gasteiger partial charge in [-0.15, -0.1) is 11.3 Å². The second-order valence-electron chi connectivity index (χ2n) is 4.07. The first kappa shape index (κ1) is 13.1. The van der Waals surface area contributed by atoms with Crippen LogP contribution in [0.1, 0.15) is 20.8 Å². The number of nitrogens with two attached hydrogens (primary N) is 1. The van der Waals surface area contributed by atoms with Gasteiger partial charge in [-0.05, 0) is 36.6 Å². The van der Waals surface area contributed by atoms with Crippen molar-refractivity contribution in [3.8, 4) is 10.4 Å². The maximum Gasteiger partial charge on any atom is 0.348 e. The third-order valence-corrected chi connectivity index (χ3v) is 5.02. The predicted molar refractivity (Wildman–Crippen MR) is 78.3 cm³/mol. The molecule has 0 spiro atoms. The Morgan fingerprint density at radius 2 is 2.06 bits per heavy atom. The summed E-state index contributed by atoms with van der Waals surface area (Å²) in [4.78, 5) is 12.2. The molecule has 0 bridgehead atoms. The van der Waals surface area contributed by atoms with Gasteiger partial charge in [-0.2, -0.15) is 0 Å². The summed E-state index contributed by atoms with van der Waals surface area (Å²) in [5.41, 5.74) is 9.13. The van der Waals surface area contributed by atoms with Crippen molar-refractivity contribution in [2.75, 3.05) is 5.73 Å². The van der Waals surface area contributed by atoms with Gasteiger partial charge in [0.1, 0.15) is 4.88 Å². The topological polar surface area (TPSA) is 63.3 Å². The maximum atomic E-state index is 11.1. The molecule has 0 saturated heterocycles. The lowest BCUT2D eigenvalue weighted by atomic mass is 10.1. The number of thiophene rings is 1. The maximum absolute atomic E-state index is 11.1. The minimum absolute atomic E-state index is 0.208. The fourth-order valence-corrected chi connectivity index (χ4v) is 3.14. The summed E-state index contributed by atoms with van der Waals surface area (Å²) in [5, 5.41) is 9.07. The van der Waals surface area contributed by atoms with Crippen LogP contribution in [-0.2, 0) is 0 Å². The molecule has 1 aromatic carbocycles. The van der Waals surface area contributed by atoms with E-state index in [-0.39, 0.29) is 4.88 Å². The molecule has 1 aromatic heterocycles. The molecule has 3 nitrogen and oxygen atoms in total. The van der Waals surface area contributed by atoms with E-state index in [0.29, 0.717) is 5.69 Å². The number of aryl methyl sites for hydroxylation is 1. The second-order valence-corrected chi connectivity index (χ2v) is 5.94. The van der Waals surface area contributed by atoms with E-state index in [4.69, 9.17) is 10.8 Å². The number of carboxylic acid groups (broad SMARTS) is 1. The summed E-state index contributed by atoms with van der Waals surface area (Å²) in [7, 11) is 0. The van der Waals surface area contributed by atoms with E-state index < -0.39 is 5.97 Å². The van der Waals surface area contributed by atoms with E-state index in [0.717, 1.165) is 26.0 Å². The van der Waals surface area contributed by atoms with Crippen molar-refractivity contribution in [3.63, 3.8) is 0 Å². The third-order valence-electron chi connectivity index (χ3n) is 2.82. The van der Waals surface area contributed by atoms with Crippen LogP contribution < -0.4 is 5.73 Å². The first-order valence-electron chi connectivity index (χ1n) is 5.30. The molecule has 0 atom stereocenters. The Hall–Kier alpha value is -1.33. The molecule has 0 unspecified atom stereocenters. The van der Waals surface area contributed by atoms with Gasteiger partial charge in [0, 0.05) is 9.35 Å². The molecular formula is C13H12BrNO2S. The minimum Gasteiger partial charge on any atom is -0.477 e. The summed E-state index contributed by atoms with van der Waals surface area (Å²) in [6, 6.07) is 5.96. The molecule has 0 aliphatic carbocycles. The van der Waals surface area contributed by atoms with Gasteiger partial charge in [0.25, 0.3) is 0 Å². The van der Waals surface area contributed by atoms with Crippen molar-refractivity contribution in [1.29, 1.82) is 0 Å². The highest BCUT2D eigenvalue weighted by molar-refractivity contribution is 9.10. The lowest BCUT2D eigenvalue weighted by Crippen LogP contribution is -1.97. The molecule has 0 aliphatic heterocycles. The fourth-order valence-electron chi connectivity index (χ4n) is 1.69. The lowest BCUT2D eigenvalue weighted by molar-refractivity contribution is 0.0703. The van der Waals surface area contributed by atoms with Crippen molar-refractivity contribution < 1.29 is 9.90 Å². The van der Waals surface area contributed by atoms with Crippen molar-refractivity contribution in [2.24, 2.45) is 0 Å². The largest absolute Gasteiger partial charge is 0.477 e. The van der Waals surface area contributed by atoms with Crippen LogP contribution in [-0.4, -0.2) is 11.1 Å². The van der Waals surface area contributed by atoms with Gasteiger partial charge < -0.3 is 10.8 Å². The third kappa shape index (κ3) is 2.15. The second kappa shape index (κ2) is 4.74. The summed E-state index contributed by atoms with van der Waals surface area (Å²) in [5.74, 6) is -0.974. The molecule has 2 aromatic rings. The van der Waals surface area contributed by atoms with Crippen LogP contribution in [0.3, 0.4) is 0 Å². The summed E-state index contributed by atoms with van der Waals surface area (Å²) < 4.78 is 1.00. The molecule has 0 radical (unpaired) electrons. The molecule has 0 amide bonds. The van der Waals surface area contributed by atoms with Crippen LogP contribution in [0, 0.1) is 13.8 Å². The van der Waals surface area contributed by atoms with Crippen molar-refractivity contribution in [2.45, 2.75) is 13.8 Å². The van der Waals surface area contributed by atoms with Gasteiger partial charge in [-0.25, -0.2) is 4.79 Å². The summed E-state index contributed by atoms with van der Waals surface area (Å²) >= 11 is 4.70. The minimum atomic E-state index is -0.974. The first-order valence-corrected chi connectivity index (χ1v) is 6.91. The smallest absolute Gasteiger partial charge is 0.348 e. The van der Waals surface area contributed by atoms with E-state index in [9.17, 15) is 4.79 Å². The quantitative estimate of drug-likeness (QED) is 0.874. The number of rotatable bonds is 2. The van der Waals surface area contributed by atoms with Crippen LogP contribution in [0.25, 0.3) is 10.4 Å². The number of anilines is 1. The number of nitrogen functional groups attached to an aromatic ring is 1. The highest BCUT2D eigenvalue weighted by atomic mass is 79.9. The fraction of sp³-hybridized carbons (Fsp3) is 0.154. The standard InChI is InChI=1S/C13H12BrNO2S/c1-6-3-4-8(5-9(6)14)11-7(2)10(15)12(18-11)13(16)17/h3-5H,15H2,1-2H3,(H,16,17). The molecular weight excluding hydrogens is 314 g/mol. The Balaban J connectivity index is 2.61. The van der Waals surface area contributed by atoms with E-state index in [2.05, 4.69) is 15.9 Å². The molecule has 2 rings (SSSR count). The predicted octanol–water partition coefficient (Wildman–Crippen LogP) is 4.07. The summed E-state index contributed by atoms with van der Waals surface area (Å²) in [6.07, 6.45) is 0. The molecule has 0 fully saturated rings. The average molecular weight is 326 g/mol. The Kier molecular flexibility index (Phi) is 3.45. The van der Waals surface area contributed by atoms with Gasteiger partial charge in [-0.1, -0.05) is 28.1 Å². The Labute approximate surface area is 117 Å². The van der Waals surface area contributed by atoms with E-state index in [1.807, 2.05) is 32.0 Å². The molecule has 18 heavy (non-hydrogen) atoms. The van der Waals surface area contributed by atoms with Crippen molar-refractivity contribution in [3.05, 3.63) is 38.7 Å². The van der Waals surface area contributed by atoms with E-state index in [1.54, 1.807) is 0 Å². The number of carbonyl (C=O) groups is 1. The molecule has 0 aliphatic rings. The van der Waals surface area contributed by atoms with Crippen LogP contribution in [0.15, 0.2) is 22.7 Å². The Bertz CT molecular complexity index is 634. The van der Waals surface area contributed by atoms with Gasteiger partial charge >= 0.3 is 5.97 Å². The van der Waals surface area contributed by atoms with Gasteiger partial charge in [0.15, 0.2) is 0 Å². The monoisotopic (exact) mass is 325 g/mol. The molecule has 0 saturated carbocycles. The lowest BCUT2D eigenvalue weighted by Gasteiger charge is -2.03. The number of carboxylic acids is 1. The van der Waals surface area contributed by atoms with Crippen molar-refractivity contribution >= 4 is 38.9 Å². The van der Waals surface area contributed by atoms with Crippen LogP contribution in [0.4, 0.5) is 5.69 Å². The molecule has 94 valence electrons. The summed E-state index contributed by atoms with van der Waals surface area (Å²) in [6.45, 7) is 3.85. The average Bonchev–Trinajstić information content (AvgIpc) is 2.60. The first-order chi connectivity index (χ1) is 8.41. The highest BCUT2D eigenvalue weighted by Crippen LogP contribution is 2.39. The van der Waals surface area contributed by atoms with Gasteiger partial charge in [0.2, 0.25) is 0 Å². The highest BCUT2D eigenvalue weighted by Gasteiger charge is 2.18. The normalized spacial score (nSPS) is 10.6. The molecule has 1 heterocycles. The molecule has 3 N–H and O–H groups in total.